The molecule has 0 unspecified atom stereocenters. The third-order valence-electron chi connectivity index (χ3n) is 2.87. The van der Waals surface area contributed by atoms with Gasteiger partial charge in [-0.05, 0) is 32.3 Å². The number of esters is 1. The lowest BCUT2D eigenvalue weighted by atomic mass is 9.96. The number of hydrogen-bond donors (Lipinski definition) is 0. The smallest absolute Gasteiger partial charge is 0.331 e. The zero-order chi connectivity index (χ0) is 15.9. The van der Waals surface area contributed by atoms with Crippen molar-refractivity contribution in [3.05, 3.63) is 35.9 Å². The average Bonchev–Trinajstić information content (AvgIpc) is 2.37. The average molecular weight is 291 g/mol. The molecule has 0 aliphatic heterocycles. The molecule has 0 aromatic heterocycles. The standard InChI is InChI=1S/C16H21NO4/c1-12(18)20-16(3,4)15(17-21-13(2)19)11-10-14-8-6-5-7-9-14/h5-9H,10-11H2,1-4H3/b17-15-. The van der Waals surface area contributed by atoms with E-state index in [0.717, 1.165) is 5.56 Å². The topological polar surface area (TPSA) is 65.0 Å². The fraction of sp³-hybridized carbons (Fsp3) is 0.438. The summed E-state index contributed by atoms with van der Waals surface area (Å²) in [5, 5.41) is 3.85. The van der Waals surface area contributed by atoms with Crippen LogP contribution in [0.5, 0.6) is 0 Å². The minimum atomic E-state index is -0.921. The minimum absolute atomic E-state index is 0.407. The Morgan fingerprint density at radius 1 is 1.10 bits per heavy atom. The van der Waals surface area contributed by atoms with Crippen molar-refractivity contribution in [3.63, 3.8) is 0 Å². The van der Waals surface area contributed by atoms with Crippen LogP contribution < -0.4 is 0 Å². The number of carbonyl (C=O) groups is 2. The molecule has 0 aliphatic carbocycles. The van der Waals surface area contributed by atoms with E-state index >= 15 is 0 Å². The van der Waals surface area contributed by atoms with Crippen molar-refractivity contribution in [1.29, 1.82) is 0 Å². The molecule has 0 spiro atoms. The Bertz CT molecular complexity index is 520. The Morgan fingerprint density at radius 2 is 1.71 bits per heavy atom. The summed E-state index contributed by atoms with van der Waals surface area (Å²) in [4.78, 5) is 26.8. The molecule has 0 fully saturated rings. The molecule has 0 saturated heterocycles. The fourth-order valence-corrected chi connectivity index (χ4v) is 1.90. The van der Waals surface area contributed by atoms with Crippen LogP contribution in [0.2, 0.25) is 0 Å². The summed E-state index contributed by atoms with van der Waals surface area (Å²) in [6, 6.07) is 9.86. The van der Waals surface area contributed by atoms with Gasteiger partial charge in [0.25, 0.3) is 0 Å². The quantitative estimate of drug-likeness (QED) is 0.350. The van der Waals surface area contributed by atoms with E-state index in [4.69, 9.17) is 9.57 Å². The van der Waals surface area contributed by atoms with Crippen LogP contribution in [-0.4, -0.2) is 23.3 Å². The largest absolute Gasteiger partial charge is 0.454 e. The molecular weight excluding hydrogens is 270 g/mol. The van der Waals surface area contributed by atoms with Crippen LogP contribution >= 0.6 is 0 Å². The van der Waals surface area contributed by atoms with Crippen molar-refractivity contribution < 1.29 is 19.2 Å². The lowest BCUT2D eigenvalue weighted by molar-refractivity contribution is -0.148. The molecule has 114 valence electrons. The van der Waals surface area contributed by atoms with Crippen LogP contribution in [0.25, 0.3) is 0 Å². The Hall–Kier alpha value is -2.17. The van der Waals surface area contributed by atoms with Gasteiger partial charge in [0.15, 0.2) is 0 Å². The zero-order valence-corrected chi connectivity index (χ0v) is 12.9. The van der Waals surface area contributed by atoms with Crippen LogP contribution in [0.1, 0.15) is 39.7 Å². The van der Waals surface area contributed by atoms with E-state index < -0.39 is 17.5 Å². The molecule has 0 heterocycles. The molecular formula is C16H21NO4. The highest BCUT2D eigenvalue weighted by atomic mass is 16.7. The van der Waals surface area contributed by atoms with Gasteiger partial charge in [0.2, 0.25) is 0 Å². The first-order valence-corrected chi connectivity index (χ1v) is 6.79. The predicted molar refractivity (Wildman–Crippen MR) is 79.8 cm³/mol. The van der Waals surface area contributed by atoms with Gasteiger partial charge in [-0.2, -0.15) is 0 Å². The van der Waals surface area contributed by atoms with Crippen molar-refractivity contribution >= 4 is 17.7 Å². The van der Waals surface area contributed by atoms with Crippen molar-refractivity contribution in [3.8, 4) is 0 Å². The van der Waals surface area contributed by atoms with E-state index in [2.05, 4.69) is 5.16 Å². The Kier molecular flexibility index (Phi) is 6.09. The van der Waals surface area contributed by atoms with Gasteiger partial charge in [-0.3, -0.25) is 4.79 Å². The van der Waals surface area contributed by atoms with Crippen molar-refractivity contribution in [2.24, 2.45) is 5.16 Å². The van der Waals surface area contributed by atoms with Crippen molar-refractivity contribution in [1.82, 2.24) is 0 Å². The second kappa shape index (κ2) is 7.57. The molecule has 0 N–H and O–H groups in total. The summed E-state index contributed by atoms with van der Waals surface area (Å²) >= 11 is 0. The first-order valence-electron chi connectivity index (χ1n) is 6.79. The molecule has 21 heavy (non-hydrogen) atoms. The molecule has 0 aliphatic rings. The fourth-order valence-electron chi connectivity index (χ4n) is 1.90. The van der Waals surface area contributed by atoms with Gasteiger partial charge in [0.1, 0.15) is 11.3 Å². The zero-order valence-electron chi connectivity index (χ0n) is 12.9. The lowest BCUT2D eigenvalue weighted by Crippen LogP contribution is -2.37. The van der Waals surface area contributed by atoms with E-state index in [-0.39, 0.29) is 0 Å². The molecule has 0 radical (unpaired) electrons. The van der Waals surface area contributed by atoms with Gasteiger partial charge in [0.05, 0.1) is 0 Å². The van der Waals surface area contributed by atoms with Crippen LogP contribution in [0, 0.1) is 0 Å². The van der Waals surface area contributed by atoms with Crippen LogP contribution in [0.4, 0.5) is 0 Å². The van der Waals surface area contributed by atoms with Gasteiger partial charge in [-0.25, -0.2) is 4.79 Å². The highest BCUT2D eigenvalue weighted by molar-refractivity contribution is 5.93. The van der Waals surface area contributed by atoms with Crippen LogP contribution in [-0.2, 0) is 25.6 Å². The third kappa shape index (κ3) is 6.21. The van der Waals surface area contributed by atoms with E-state index in [1.165, 1.54) is 13.8 Å². The Labute approximate surface area is 124 Å². The summed E-state index contributed by atoms with van der Waals surface area (Å²) in [6.07, 6.45) is 1.24. The number of rotatable bonds is 6. The van der Waals surface area contributed by atoms with E-state index in [9.17, 15) is 9.59 Å². The van der Waals surface area contributed by atoms with E-state index in [1.807, 2.05) is 30.3 Å². The minimum Gasteiger partial charge on any atom is -0.454 e. The number of benzene rings is 1. The second-order valence-corrected chi connectivity index (χ2v) is 5.21. The molecule has 1 aromatic rings. The number of hydrogen-bond acceptors (Lipinski definition) is 5. The normalized spacial score (nSPS) is 11.9. The van der Waals surface area contributed by atoms with Crippen LogP contribution in [0.15, 0.2) is 35.5 Å². The van der Waals surface area contributed by atoms with Crippen molar-refractivity contribution in [2.45, 2.75) is 46.1 Å². The Balaban J connectivity index is 2.84. The lowest BCUT2D eigenvalue weighted by Gasteiger charge is -2.25. The maximum Gasteiger partial charge on any atom is 0.331 e. The molecule has 1 rings (SSSR count). The highest BCUT2D eigenvalue weighted by Gasteiger charge is 2.29. The van der Waals surface area contributed by atoms with Gasteiger partial charge in [-0.1, -0.05) is 35.5 Å². The molecule has 0 bridgehead atoms. The van der Waals surface area contributed by atoms with Gasteiger partial charge < -0.3 is 9.57 Å². The molecule has 0 saturated carbocycles. The molecule has 0 amide bonds. The summed E-state index contributed by atoms with van der Waals surface area (Å²) in [7, 11) is 0. The van der Waals surface area contributed by atoms with E-state index in [0.29, 0.717) is 18.6 Å². The molecule has 5 heteroatoms. The maximum atomic E-state index is 11.2. The number of oxime groups is 1. The summed E-state index contributed by atoms with van der Waals surface area (Å²) in [5.41, 5.74) is 0.721. The Morgan fingerprint density at radius 3 is 2.24 bits per heavy atom. The number of nitrogens with zero attached hydrogens (tertiary/aromatic N) is 1. The molecule has 0 atom stereocenters. The molecule has 5 nitrogen and oxygen atoms in total. The van der Waals surface area contributed by atoms with Crippen LogP contribution in [0.3, 0.4) is 0 Å². The van der Waals surface area contributed by atoms with Gasteiger partial charge >= 0.3 is 11.9 Å². The SMILES string of the molecule is CC(=O)O/N=C(/CCc1ccccc1)C(C)(C)OC(C)=O. The first kappa shape index (κ1) is 16.9. The predicted octanol–water partition coefficient (Wildman–Crippen LogP) is 2.88. The number of ether oxygens (including phenoxy) is 1. The summed E-state index contributed by atoms with van der Waals surface area (Å²) in [5.74, 6) is -0.916. The van der Waals surface area contributed by atoms with Gasteiger partial charge in [0, 0.05) is 13.8 Å². The molecule has 1 aromatic carbocycles. The maximum absolute atomic E-state index is 11.2. The number of aryl methyl sites for hydroxylation is 1. The summed E-state index contributed by atoms with van der Waals surface area (Å²) in [6.45, 7) is 6.06. The second-order valence-electron chi connectivity index (χ2n) is 5.21. The highest BCUT2D eigenvalue weighted by Crippen LogP contribution is 2.17. The summed E-state index contributed by atoms with van der Waals surface area (Å²) < 4.78 is 5.26. The van der Waals surface area contributed by atoms with Crippen molar-refractivity contribution in [2.75, 3.05) is 0 Å². The van der Waals surface area contributed by atoms with E-state index in [1.54, 1.807) is 13.8 Å². The first-order chi connectivity index (χ1) is 9.81. The number of carbonyl (C=O) groups excluding carboxylic acids is 2. The third-order valence-corrected chi connectivity index (χ3v) is 2.87. The monoisotopic (exact) mass is 291 g/mol. The van der Waals surface area contributed by atoms with Gasteiger partial charge in [-0.15, -0.1) is 0 Å².